The Morgan fingerprint density at radius 3 is 2.18 bits per heavy atom. The summed E-state index contributed by atoms with van der Waals surface area (Å²) in [5.74, 6) is -2.00. The van der Waals surface area contributed by atoms with Crippen LogP contribution in [-0.2, 0) is 36.9 Å². The highest BCUT2D eigenvalue weighted by atomic mass is 16.5. The van der Waals surface area contributed by atoms with Crippen molar-refractivity contribution in [1.82, 2.24) is 10.6 Å². The molecule has 3 unspecified atom stereocenters. The predicted molar refractivity (Wildman–Crippen MR) is 171 cm³/mol. The first-order valence-corrected chi connectivity index (χ1v) is 15.6. The Hall–Kier alpha value is -3.75. The van der Waals surface area contributed by atoms with Crippen LogP contribution in [0.3, 0.4) is 0 Å². The van der Waals surface area contributed by atoms with Gasteiger partial charge in [0.15, 0.2) is 0 Å². The van der Waals surface area contributed by atoms with Gasteiger partial charge in [0.25, 0.3) is 0 Å². The lowest BCUT2D eigenvalue weighted by molar-refractivity contribution is -0.150. The van der Waals surface area contributed by atoms with Gasteiger partial charge in [-0.2, -0.15) is 0 Å². The van der Waals surface area contributed by atoms with Crippen LogP contribution in [0, 0.1) is 11.8 Å². The van der Waals surface area contributed by atoms with Gasteiger partial charge in [0.05, 0.1) is 43.2 Å². The lowest BCUT2D eigenvalue weighted by atomic mass is 9.95. The fourth-order valence-electron chi connectivity index (χ4n) is 5.59. The lowest BCUT2D eigenvalue weighted by Gasteiger charge is -2.29. The number of esters is 1. The lowest BCUT2D eigenvalue weighted by Crippen LogP contribution is -2.50. The molecular weight excluding hydrogens is 556 g/mol. The zero-order valence-corrected chi connectivity index (χ0v) is 25.8. The van der Waals surface area contributed by atoms with Crippen LogP contribution in [0.4, 0.5) is 0 Å². The van der Waals surface area contributed by atoms with Crippen LogP contribution in [0.15, 0.2) is 86.0 Å². The van der Waals surface area contributed by atoms with Gasteiger partial charge in [0, 0.05) is 6.42 Å². The van der Waals surface area contributed by atoms with Crippen molar-refractivity contribution in [3.63, 3.8) is 0 Å². The Kier molecular flexibility index (Phi) is 14.9. The summed E-state index contributed by atoms with van der Waals surface area (Å²) in [6, 6.07) is 18.8. The summed E-state index contributed by atoms with van der Waals surface area (Å²) in [5, 5.41) is 15.8. The molecule has 0 spiro atoms. The SMILES string of the molecule is C=CCCC(Cc1ccccc1)C(=O)OCC(COCc1ccccc1)NC(=O)C(CC=C)CC(=O)NC1(CO)CCCC1. The highest BCUT2D eigenvalue weighted by molar-refractivity contribution is 5.86. The molecule has 2 amide bonds. The van der Waals surface area contributed by atoms with Crippen molar-refractivity contribution >= 4 is 17.8 Å². The number of benzene rings is 2. The number of allylic oxidation sites excluding steroid dienone is 2. The van der Waals surface area contributed by atoms with Crippen molar-refractivity contribution in [3.8, 4) is 0 Å². The van der Waals surface area contributed by atoms with E-state index >= 15 is 0 Å². The van der Waals surface area contributed by atoms with Gasteiger partial charge in [-0.25, -0.2) is 0 Å². The third-order valence-corrected chi connectivity index (χ3v) is 8.10. The number of aliphatic hydroxyl groups excluding tert-OH is 1. The molecule has 3 N–H and O–H groups in total. The number of amides is 2. The molecule has 0 aromatic heterocycles. The normalized spacial score (nSPS) is 15.8. The van der Waals surface area contributed by atoms with Gasteiger partial charge < -0.3 is 25.2 Å². The van der Waals surface area contributed by atoms with E-state index < -0.39 is 17.5 Å². The highest BCUT2D eigenvalue weighted by Gasteiger charge is 2.35. The number of ether oxygens (including phenoxy) is 2. The van der Waals surface area contributed by atoms with Crippen molar-refractivity contribution in [2.75, 3.05) is 19.8 Å². The monoisotopic (exact) mass is 604 g/mol. The maximum atomic E-state index is 13.5. The molecule has 8 nitrogen and oxygen atoms in total. The van der Waals surface area contributed by atoms with E-state index in [1.54, 1.807) is 12.2 Å². The fourth-order valence-corrected chi connectivity index (χ4v) is 5.59. The molecule has 3 rings (SSSR count). The summed E-state index contributed by atoms with van der Waals surface area (Å²) >= 11 is 0. The molecule has 0 saturated heterocycles. The summed E-state index contributed by atoms with van der Waals surface area (Å²) in [7, 11) is 0. The fraction of sp³-hybridized carbons (Fsp3) is 0.472. The average molecular weight is 605 g/mol. The number of carbonyl (C=O) groups excluding carboxylic acids is 3. The van der Waals surface area contributed by atoms with Gasteiger partial charge in [-0.3, -0.25) is 14.4 Å². The Labute approximate surface area is 261 Å². The summed E-state index contributed by atoms with van der Waals surface area (Å²) < 4.78 is 11.7. The van der Waals surface area contributed by atoms with E-state index in [-0.39, 0.29) is 49.9 Å². The zero-order chi connectivity index (χ0) is 31.6. The van der Waals surface area contributed by atoms with Crippen molar-refractivity contribution in [2.24, 2.45) is 11.8 Å². The van der Waals surface area contributed by atoms with Gasteiger partial charge in [-0.1, -0.05) is 85.7 Å². The molecule has 2 aromatic carbocycles. The third kappa shape index (κ3) is 11.7. The van der Waals surface area contributed by atoms with Crippen LogP contribution >= 0.6 is 0 Å². The number of hydrogen-bond acceptors (Lipinski definition) is 6. The molecule has 1 aliphatic carbocycles. The molecule has 238 valence electrons. The standard InChI is InChI=1S/C36H48N2O6/c1-3-5-19-31(22-28-15-8-6-9-16-28)35(42)44-26-32(25-43-24-29-17-10-7-11-18-29)37-34(41)30(14-4-2)23-33(40)38-36(27-39)20-12-13-21-36/h3-4,6-11,15-18,30-32,39H,1-2,5,12-14,19-27H2,(H,37,41)(H,38,40). The first kappa shape index (κ1) is 34.7. The highest BCUT2D eigenvalue weighted by Crippen LogP contribution is 2.29. The minimum atomic E-state index is -0.671. The van der Waals surface area contributed by atoms with E-state index in [1.165, 1.54) is 0 Å². The molecular formula is C36H48N2O6. The first-order chi connectivity index (χ1) is 21.4. The summed E-state index contributed by atoms with van der Waals surface area (Å²) in [5.41, 5.74) is 1.41. The van der Waals surface area contributed by atoms with Gasteiger partial charge in [-0.05, 0) is 49.7 Å². The Morgan fingerprint density at radius 1 is 0.909 bits per heavy atom. The van der Waals surface area contributed by atoms with Gasteiger partial charge in [0.1, 0.15) is 6.61 Å². The molecule has 0 radical (unpaired) electrons. The maximum absolute atomic E-state index is 13.5. The van der Waals surface area contributed by atoms with Crippen molar-refractivity contribution in [2.45, 2.75) is 76.0 Å². The summed E-state index contributed by atoms with van der Waals surface area (Å²) in [6.07, 6.45) is 8.81. The van der Waals surface area contributed by atoms with Crippen molar-refractivity contribution in [1.29, 1.82) is 0 Å². The Balaban J connectivity index is 1.65. The van der Waals surface area contributed by atoms with Gasteiger partial charge >= 0.3 is 5.97 Å². The van der Waals surface area contributed by atoms with Crippen LogP contribution in [-0.4, -0.2) is 54.3 Å². The number of hydrogen-bond donors (Lipinski definition) is 3. The van der Waals surface area contributed by atoms with E-state index in [4.69, 9.17) is 9.47 Å². The third-order valence-electron chi connectivity index (χ3n) is 8.10. The van der Waals surface area contributed by atoms with Crippen molar-refractivity contribution < 1.29 is 29.0 Å². The van der Waals surface area contributed by atoms with E-state index in [0.29, 0.717) is 32.3 Å². The first-order valence-electron chi connectivity index (χ1n) is 15.6. The molecule has 1 fully saturated rings. The summed E-state index contributed by atoms with van der Waals surface area (Å²) in [4.78, 5) is 39.7. The van der Waals surface area contributed by atoms with E-state index in [1.807, 2.05) is 60.7 Å². The number of aliphatic hydroxyl groups is 1. The number of carbonyl (C=O) groups is 3. The predicted octanol–water partition coefficient (Wildman–Crippen LogP) is 5.06. The molecule has 1 saturated carbocycles. The van der Waals surface area contributed by atoms with Crippen LogP contribution in [0.5, 0.6) is 0 Å². The average Bonchev–Trinajstić information content (AvgIpc) is 3.51. The van der Waals surface area contributed by atoms with Gasteiger partial charge in [0.2, 0.25) is 11.8 Å². The molecule has 0 bridgehead atoms. The van der Waals surface area contributed by atoms with Crippen LogP contribution in [0.1, 0.15) is 62.5 Å². The second-order valence-corrected chi connectivity index (χ2v) is 11.7. The molecule has 0 aliphatic heterocycles. The molecule has 1 aliphatic rings. The van der Waals surface area contributed by atoms with Gasteiger partial charge in [-0.15, -0.1) is 13.2 Å². The molecule has 2 aromatic rings. The Morgan fingerprint density at radius 2 is 1.57 bits per heavy atom. The van der Waals surface area contributed by atoms with E-state index in [2.05, 4.69) is 23.8 Å². The minimum absolute atomic E-state index is 0.0440. The van der Waals surface area contributed by atoms with Crippen LogP contribution in [0.2, 0.25) is 0 Å². The van der Waals surface area contributed by atoms with E-state index in [0.717, 1.165) is 36.8 Å². The smallest absolute Gasteiger partial charge is 0.309 e. The number of nitrogens with one attached hydrogen (secondary N) is 2. The quantitative estimate of drug-likeness (QED) is 0.144. The second kappa shape index (κ2) is 18.8. The van der Waals surface area contributed by atoms with Crippen molar-refractivity contribution in [3.05, 3.63) is 97.1 Å². The molecule has 44 heavy (non-hydrogen) atoms. The zero-order valence-electron chi connectivity index (χ0n) is 25.8. The molecule has 3 atom stereocenters. The summed E-state index contributed by atoms with van der Waals surface area (Å²) in [6.45, 7) is 7.81. The van der Waals surface area contributed by atoms with Crippen LogP contribution in [0.25, 0.3) is 0 Å². The van der Waals surface area contributed by atoms with E-state index in [9.17, 15) is 19.5 Å². The molecule has 0 heterocycles. The second-order valence-electron chi connectivity index (χ2n) is 11.7. The Bertz CT molecular complexity index is 1180. The number of rotatable bonds is 20. The topological polar surface area (TPSA) is 114 Å². The minimum Gasteiger partial charge on any atom is -0.463 e. The maximum Gasteiger partial charge on any atom is 0.309 e. The largest absolute Gasteiger partial charge is 0.463 e. The molecule has 8 heteroatoms. The van der Waals surface area contributed by atoms with Crippen LogP contribution < -0.4 is 10.6 Å².